The average Bonchev–Trinajstić information content (AvgIpc) is 3.42. The zero-order chi connectivity index (χ0) is 21.2. The number of rotatable bonds is 5. The number of benzene rings is 1. The fraction of sp³-hybridized carbons (Fsp3) is 0.500. The molecule has 0 spiro atoms. The number of fused-ring (bicyclic) bond motifs is 2. The molecule has 30 heavy (non-hydrogen) atoms. The summed E-state index contributed by atoms with van der Waals surface area (Å²) in [7, 11) is 0. The van der Waals surface area contributed by atoms with Crippen LogP contribution in [0.15, 0.2) is 34.9 Å². The molecule has 0 saturated carbocycles. The summed E-state index contributed by atoms with van der Waals surface area (Å²) in [6, 6.07) is 7.63. The van der Waals surface area contributed by atoms with Gasteiger partial charge >= 0.3 is 0 Å². The molecule has 8 heteroatoms. The van der Waals surface area contributed by atoms with Crippen molar-refractivity contribution in [3.8, 4) is 0 Å². The van der Waals surface area contributed by atoms with Crippen LogP contribution < -0.4 is 0 Å². The third kappa shape index (κ3) is 2.92. The first-order chi connectivity index (χ1) is 14.4. The Balaban J connectivity index is 1.35. The highest BCUT2D eigenvalue weighted by atomic mass is 32.2. The van der Waals surface area contributed by atoms with E-state index in [2.05, 4.69) is 17.5 Å². The Hall–Kier alpha value is -1.61. The van der Waals surface area contributed by atoms with Crippen molar-refractivity contribution in [2.75, 3.05) is 13.1 Å². The first-order valence-electron chi connectivity index (χ1n) is 10.4. The monoisotopic (exact) mass is 444 g/mol. The molecule has 1 unspecified atom stereocenters. The lowest BCUT2D eigenvalue weighted by Gasteiger charge is -2.44. The van der Waals surface area contributed by atoms with Gasteiger partial charge in [-0.05, 0) is 31.4 Å². The number of hydrogen-bond acceptors (Lipinski definition) is 6. The van der Waals surface area contributed by atoms with Gasteiger partial charge in [0.05, 0.1) is 18.1 Å². The van der Waals surface area contributed by atoms with Crippen molar-refractivity contribution >= 4 is 41.2 Å². The van der Waals surface area contributed by atoms with Gasteiger partial charge in [-0.15, -0.1) is 11.8 Å². The summed E-state index contributed by atoms with van der Waals surface area (Å²) >= 11 is 5.57. The molecule has 4 aliphatic rings. The lowest BCUT2D eigenvalue weighted by Crippen LogP contribution is -2.61. The largest absolute Gasteiger partial charge is 0.392 e. The summed E-state index contributed by atoms with van der Waals surface area (Å²) in [5.41, 5.74) is 2.30. The van der Waals surface area contributed by atoms with Crippen molar-refractivity contribution in [3.63, 3.8) is 0 Å². The van der Waals surface area contributed by atoms with Gasteiger partial charge in [0, 0.05) is 22.9 Å². The normalized spacial score (nSPS) is 31.8. The topological polar surface area (TPSA) is 77.9 Å². The molecule has 1 aromatic carbocycles. The van der Waals surface area contributed by atoms with Crippen molar-refractivity contribution in [2.45, 2.75) is 43.7 Å². The number of nitrogens with zero attached hydrogens (tertiary/aromatic N) is 2. The Kier molecular flexibility index (Phi) is 5.08. The number of amides is 1. The number of aliphatic hydroxyl groups is 1. The molecule has 0 radical (unpaired) electrons. The smallest absolute Gasteiger partial charge is 0.236 e. The van der Waals surface area contributed by atoms with E-state index in [-0.39, 0.29) is 29.0 Å². The molecule has 0 aromatic heterocycles. The molecule has 5 atom stereocenters. The van der Waals surface area contributed by atoms with Crippen LogP contribution in [0.1, 0.15) is 35.7 Å². The summed E-state index contributed by atoms with van der Waals surface area (Å²) in [6.45, 7) is 3.32. The Morgan fingerprint density at radius 3 is 2.80 bits per heavy atom. The molecule has 158 valence electrons. The Bertz CT molecular complexity index is 978. The van der Waals surface area contributed by atoms with Crippen molar-refractivity contribution in [2.24, 2.45) is 11.8 Å². The molecule has 0 bridgehead atoms. The third-order valence-corrected chi connectivity index (χ3v) is 8.61. The van der Waals surface area contributed by atoms with Crippen molar-refractivity contribution < 1.29 is 19.5 Å². The Labute approximate surface area is 185 Å². The van der Waals surface area contributed by atoms with E-state index >= 15 is 0 Å². The SMILES string of the molecule is CC[C@H](O)[C@@H]1C(=O)N2C(C(=O)S)=C([C@H]3CCN(C4Cc5ccccc5C4=O)C3)S[C@H]12. The van der Waals surface area contributed by atoms with Crippen LogP contribution in [0.25, 0.3) is 0 Å². The van der Waals surface area contributed by atoms with E-state index in [0.717, 1.165) is 35.4 Å². The number of likely N-dealkylation sites (tertiary alicyclic amines) is 1. The van der Waals surface area contributed by atoms with E-state index < -0.39 is 17.1 Å². The van der Waals surface area contributed by atoms with Gasteiger partial charge in [0.15, 0.2) is 5.78 Å². The summed E-state index contributed by atoms with van der Waals surface area (Å²) in [6.07, 6.45) is 1.37. The number of β-lactam (4-membered cyclic amide) rings is 1. The van der Waals surface area contributed by atoms with Crippen LogP contribution in [-0.4, -0.2) is 62.3 Å². The number of carbonyl (C=O) groups excluding carboxylic acids is 3. The minimum absolute atomic E-state index is 0.0930. The predicted molar refractivity (Wildman–Crippen MR) is 117 cm³/mol. The van der Waals surface area contributed by atoms with Gasteiger partial charge in [-0.2, -0.15) is 0 Å². The molecular weight excluding hydrogens is 420 g/mol. The second kappa shape index (κ2) is 7.51. The van der Waals surface area contributed by atoms with E-state index in [1.807, 2.05) is 31.2 Å². The first-order valence-corrected chi connectivity index (χ1v) is 11.8. The summed E-state index contributed by atoms with van der Waals surface area (Å²) in [5.74, 6) is -0.389. The Morgan fingerprint density at radius 2 is 2.10 bits per heavy atom. The van der Waals surface area contributed by atoms with Crippen LogP contribution in [0.5, 0.6) is 0 Å². The van der Waals surface area contributed by atoms with Crippen molar-refractivity contribution in [3.05, 3.63) is 46.0 Å². The van der Waals surface area contributed by atoms with E-state index in [1.54, 1.807) is 0 Å². The maximum absolute atomic E-state index is 12.9. The fourth-order valence-electron chi connectivity index (χ4n) is 5.26. The van der Waals surface area contributed by atoms with Crippen LogP contribution in [0, 0.1) is 11.8 Å². The molecule has 1 aliphatic carbocycles. The van der Waals surface area contributed by atoms with Gasteiger partial charge < -0.3 is 5.11 Å². The van der Waals surface area contributed by atoms with Gasteiger partial charge in [-0.3, -0.25) is 24.2 Å². The number of ketones is 1. The summed E-state index contributed by atoms with van der Waals surface area (Å²) < 4.78 is 0. The lowest BCUT2D eigenvalue weighted by atomic mass is 9.89. The quantitative estimate of drug-likeness (QED) is 0.535. The minimum atomic E-state index is -0.698. The van der Waals surface area contributed by atoms with E-state index in [4.69, 9.17) is 0 Å². The van der Waals surface area contributed by atoms with Crippen LogP contribution >= 0.6 is 24.4 Å². The number of Topliss-reactive ketones (excluding diaryl/α,β-unsaturated/α-hetero) is 1. The summed E-state index contributed by atoms with van der Waals surface area (Å²) in [5, 5.41) is 9.62. The molecule has 1 N–H and O–H groups in total. The lowest BCUT2D eigenvalue weighted by molar-refractivity contribution is -0.154. The Morgan fingerprint density at radius 1 is 1.33 bits per heavy atom. The van der Waals surface area contributed by atoms with Crippen molar-refractivity contribution in [1.29, 1.82) is 0 Å². The molecule has 3 heterocycles. The van der Waals surface area contributed by atoms with Crippen LogP contribution in [0.2, 0.25) is 0 Å². The molecule has 6 nitrogen and oxygen atoms in total. The van der Waals surface area contributed by atoms with Gasteiger partial charge in [0.1, 0.15) is 11.1 Å². The molecular formula is C22H24N2O4S2. The second-order valence-electron chi connectivity index (χ2n) is 8.46. The second-order valence-corrected chi connectivity index (χ2v) is 10.0. The van der Waals surface area contributed by atoms with Gasteiger partial charge in [-0.1, -0.05) is 43.8 Å². The van der Waals surface area contributed by atoms with E-state index in [9.17, 15) is 19.5 Å². The highest BCUT2D eigenvalue weighted by Gasteiger charge is 2.58. The van der Waals surface area contributed by atoms with Crippen molar-refractivity contribution in [1.82, 2.24) is 9.80 Å². The number of thiol groups is 1. The van der Waals surface area contributed by atoms with Gasteiger partial charge in [0.25, 0.3) is 0 Å². The van der Waals surface area contributed by atoms with Gasteiger partial charge in [-0.25, -0.2) is 0 Å². The third-order valence-electron chi connectivity index (χ3n) is 6.87. The molecule has 1 aromatic rings. The van der Waals surface area contributed by atoms with Crippen LogP contribution in [-0.2, 0) is 16.0 Å². The highest BCUT2D eigenvalue weighted by Crippen LogP contribution is 2.54. The number of carbonyl (C=O) groups is 3. The maximum Gasteiger partial charge on any atom is 0.236 e. The van der Waals surface area contributed by atoms with Gasteiger partial charge in [0.2, 0.25) is 11.0 Å². The molecule has 2 saturated heterocycles. The molecule has 3 aliphatic heterocycles. The zero-order valence-electron chi connectivity index (χ0n) is 16.7. The molecule has 5 rings (SSSR count). The minimum Gasteiger partial charge on any atom is -0.392 e. The van der Waals surface area contributed by atoms with E-state index in [1.165, 1.54) is 16.7 Å². The predicted octanol–water partition coefficient (Wildman–Crippen LogP) is 2.09. The zero-order valence-corrected chi connectivity index (χ0v) is 18.4. The summed E-state index contributed by atoms with van der Waals surface area (Å²) in [4.78, 5) is 42.5. The number of thioether (sulfide) groups is 1. The number of aliphatic hydroxyl groups excluding tert-OH is 1. The van der Waals surface area contributed by atoms with Crippen LogP contribution in [0.4, 0.5) is 0 Å². The highest BCUT2D eigenvalue weighted by molar-refractivity contribution is 8.04. The molecule has 2 fully saturated rings. The standard InChI is InChI=1S/C22H24N2O4S2/c1-2-15(25)16-20(27)24-17(22(28)29)19(30-21(16)24)12-7-8-23(10-12)14-9-11-5-3-4-6-13(11)18(14)26/h3-6,12,14-16,21,25H,2,7-10H2,1H3,(H,28,29)/t12-,14?,15-,16+,21+/m0/s1. The van der Waals surface area contributed by atoms with E-state index in [0.29, 0.717) is 18.7 Å². The fourth-order valence-corrected chi connectivity index (χ4v) is 7.27. The number of hydrogen-bond donors (Lipinski definition) is 2. The van der Waals surface area contributed by atoms with Crippen LogP contribution in [0.3, 0.4) is 0 Å². The molecule has 1 amide bonds. The maximum atomic E-state index is 12.9. The first kappa shape index (κ1) is 20.3. The average molecular weight is 445 g/mol.